The predicted molar refractivity (Wildman–Crippen MR) is 119 cm³/mol. The van der Waals surface area contributed by atoms with Crippen molar-refractivity contribution >= 4 is 17.7 Å². The molecule has 0 radical (unpaired) electrons. The van der Waals surface area contributed by atoms with E-state index in [0.717, 1.165) is 16.9 Å². The van der Waals surface area contributed by atoms with Crippen LogP contribution in [0.3, 0.4) is 0 Å². The minimum absolute atomic E-state index is 0.122. The van der Waals surface area contributed by atoms with E-state index in [1.807, 2.05) is 91.9 Å². The topological polar surface area (TPSA) is 59.9 Å². The first-order valence-electron chi connectivity index (χ1n) is 9.65. The van der Waals surface area contributed by atoms with Crippen LogP contribution in [0.25, 0.3) is 6.08 Å². The molecule has 0 spiro atoms. The van der Waals surface area contributed by atoms with Gasteiger partial charge in [0, 0.05) is 0 Å². The molecule has 3 rings (SSSR count). The number of hydrogen-bond donors (Lipinski definition) is 1. The van der Waals surface area contributed by atoms with E-state index in [9.17, 15) is 4.79 Å². The first-order chi connectivity index (χ1) is 14.7. The van der Waals surface area contributed by atoms with E-state index < -0.39 is 0 Å². The lowest BCUT2D eigenvalue weighted by atomic mass is 10.2. The lowest BCUT2D eigenvalue weighted by Gasteiger charge is -2.08. The molecule has 3 aromatic rings. The minimum Gasteiger partial charge on any atom is -0.489 e. The zero-order valence-corrected chi connectivity index (χ0v) is 16.8. The molecule has 3 aromatic carbocycles. The fourth-order valence-corrected chi connectivity index (χ4v) is 2.52. The molecular formula is C25H24N2O3. The van der Waals surface area contributed by atoms with Gasteiger partial charge in [0.05, 0.1) is 5.71 Å². The first kappa shape index (κ1) is 20.9. The molecule has 5 heteroatoms. The molecule has 0 bridgehead atoms. The number of benzene rings is 3. The van der Waals surface area contributed by atoms with E-state index in [4.69, 9.17) is 9.47 Å². The van der Waals surface area contributed by atoms with Crippen molar-refractivity contribution in [2.75, 3.05) is 6.61 Å². The van der Waals surface area contributed by atoms with Gasteiger partial charge in [-0.15, -0.1) is 0 Å². The second kappa shape index (κ2) is 11.2. The largest absolute Gasteiger partial charge is 0.489 e. The Hall–Kier alpha value is -3.86. The van der Waals surface area contributed by atoms with Gasteiger partial charge in [-0.05, 0) is 48.4 Å². The van der Waals surface area contributed by atoms with Crippen molar-refractivity contribution in [1.29, 1.82) is 0 Å². The summed E-state index contributed by atoms with van der Waals surface area (Å²) < 4.78 is 11.2. The summed E-state index contributed by atoms with van der Waals surface area (Å²) in [6.07, 6.45) is 3.77. The number of nitrogens with one attached hydrogen (secondary N) is 1. The van der Waals surface area contributed by atoms with Crippen molar-refractivity contribution in [3.8, 4) is 11.5 Å². The van der Waals surface area contributed by atoms with Gasteiger partial charge in [0.2, 0.25) is 0 Å². The average Bonchev–Trinajstić information content (AvgIpc) is 2.80. The van der Waals surface area contributed by atoms with E-state index in [-0.39, 0.29) is 12.5 Å². The normalized spacial score (nSPS) is 11.3. The third kappa shape index (κ3) is 7.28. The maximum Gasteiger partial charge on any atom is 0.277 e. The third-order valence-electron chi connectivity index (χ3n) is 4.12. The molecule has 1 N–H and O–H groups in total. The van der Waals surface area contributed by atoms with Crippen LogP contribution in [0.15, 0.2) is 96.1 Å². The van der Waals surface area contributed by atoms with Gasteiger partial charge >= 0.3 is 0 Å². The summed E-state index contributed by atoms with van der Waals surface area (Å²) in [6.45, 7) is 2.19. The lowest BCUT2D eigenvalue weighted by Crippen LogP contribution is -2.25. The van der Waals surface area contributed by atoms with Crippen molar-refractivity contribution in [2.45, 2.75) is 13.5 Å². The third-order valence-corrected chi connectivity index (χ3v) is 4.12. The Labute approximate surface area is 176 Å². The van der Waals surface area contributed by atoms with Crippen molar-refractivity contribution in [3.05, 3.63) is 102 Å². The summed E-state index contributed by atoms with van der Waals surface area (Å²) in [4.78, 5) is 11.9. The van der Waals surface area contributed by atoms with Crippen molar-refractivity contribution in [2.24, 2.45) is 5.10 Å². The molecule has 1 amide bonds. The second-order valence-corrected chi connectivity index (χ2v) is 6.57. The molecule has 0 fully saturated rings. The van der Waals surface area contributed by atoms with Crippen LogP contribution in [-0.4, -0.2) is 18.2 Å². The molecule has 0 aromatic heterocycles. The van der Waals surface area contributed by atoms with Gasteiger partial charge in [0.1, 0.15) is 18.1 Å². The standard InChI is InChI=1S/C25H24N2O3/c1-20(12-13-21-8-4-2-5-9-21)26-27-25(28)19-30-24-16-14-23(15-17-24)29-18-22-10-6-3-7-11-22/h2-17H,18-19H2,1H3,(H,27,28)/b13-12+,26-20+. The van der Waals surface area contributed by atoms with Crippen LogP contribution in [0.4, 0.5) is 0 Å². The maximum atomic E-state index is 11.9. The molecule has 0 unspecified atom stereocenters. The van der Waals surface area contributed by atoms with Crippen LogP contribution in [0.5, 0.6) is 11.5 Å². The molecule has 0 aliphatic rings. The van der Waals surface area contributed by atoms with Crippen molar-refractivity contribution in [3.63, 3.8) is 0 Å². The molecule has 0 saturated carbocycles. The lowest BCUT2D eigenvalue weighted by molar-refractivity contribution is -0.123. The Morgan fingerprint density at radius 2 is 1.47 bits per heavy atom. The highest BCUT2D eigenvalue weighted by atomic mass is 16.5. The number of hydrazone groups is 1. The number of amides is 1. The SMILES string of the molecule is CC(/C=C/c1ccccc1)=N\NC(=O)COc1ccc(OCc2ccccc2)cc1. The highest BCUT2D eigenvalue weighted by molar-refractivity contribution is 5.97. The van der Waals surface area contributed by atoms with Crippen LogP contribution in [-0.2, 0) is 11.4 Å². The van der Waals surface area contributed by atoms with Gasteiger partial charge in [-0.1, -0.05) is 66.7 Å². The van der Waals surface area contributed by atoms with Gasteiger partial charge in [-0.3, -0.25) is 4.79 Å². The highest BCUT2D eigenvalue weighted by Gasteiger charge is 2.03. The van der Waals surface area contributed by atoms with Crippen LogP contribution >= 0.6 is 0 Å². The Bertz CT molecular complexity index is 982. The number of carbonyl (C=O) groups excluding carboxylic acids is 1. The van der Waals surface area contributed by atoms with Crippen LogP contribution in [0.2, 0.25) is 0 Å². The average molecular weight is 400 g/mol. The first-order valence-corrected chi connectivity index (χ1v) is 9.65. The van der Waals surface area contributed by atoms with Gasteiger partial charge in [0.25, 0.3) is 5.91 Å². The number of rotatable bonds is 9. The Morgan fingerprint density at radius 3 is 2.13 bits per heavy atom. The molecule has 0 atom stereocenters. The minimum atomic E-state index is -0.327. The summed E-state index contributed by atoms with van der Waals surface area (Å²) in [5.41, 5.74) is 5.34. The van der Waals surface area contributed by atoms with E-state index >= 15 is 0 Å². The Kier molecular flexibility index (Phi) is 7.80. The van der Waals surface area contributed by atoms with Gasteiger partial charge in [-0.2, -0.15) is 5.10 Å². The van der Waals surface area contributed by atoms with Gasteiger partial charge in [0.15, 0.2) is 6.61 Å². The Balaban J connectivity index is 1.40. The molecule has 0 saturated heterocycles. The zero-order chi connectivity index (χ0) is 21.0. The highest BCUT2D eigenvalue weighted by Crippen LogP contribution is 2.18. The summed E-state index contributed by atoms with van der Waals surface area (Å²) in [5, 5.41) is 4.05. The number of nitrogens with zero attached hydrogens (tertiary/aromatic N) is 1. The number of ether oxygens (including phenoxy) is 2. The summed E-state index contributed by atoms with van der Waals surface area (Å²) in [5.74, 6) is 0.995. The second-order valence-electron chi connectivity index (χ2n) is 6.57. The van der Waals surface area contributed by atoms with Gasteiger partial charge < -0.3 is 9.47 Å². The van der Waals surface area contributed by atoms with E-state index in [0.29, 0.717) is 18.1 Å². The Morgan fingerprint density at radius 1 is 0.867 bits per heavy atom. The van der Waals surface area contributed by atoms with E-state index in [2.05, 4.69) is 10.5 Å². The maximum absolute atomic E-state index is 11.9. The molecule has 5 nitrogen and oxygen atoms in total. The summed E-state index contributed by atoms with van der Waals surface area (Å²) in [6, 6.07) is 27.0. The summed E-state index contributed by atoms with van der Waals surface area (Å²) >= 11 is 0. The number of hydrogen-bond acceptors (Lipinski definition) is 4. The fraction of sp³-hybridized carbons (Fsp3) is 0.120. The quantitative estimate of drug-likeness (QED) is 0.413. The predicted octanol–water partition coefficient (Wildman–Crippen LogP) is 4.85. The van der Waals surface area contributed by atoms with Crippen molar-refractivity contribution < 1.29 is 14.3 Å². The summed E-state index contributed by atoms with van der Waals surface area (Å²) in [7, 11) is 0. The molecule has 152 valence electrons. The monoisotopic (exact) mass is 400 g/mol. The van der Waals surface area contributed by atoms with E-state index in [1.165, 1.54) is 0 Å². The van der Waals surface area contributed by atoms with Gasteiger partial charge in [-0.25, -0.2) is 5.43 Å². The molecule has 0 aliphatic heterocycles. The van der Waals surface area contributed by atoms with Crippen molar-refractivity contribution in [1.82, 2.24) is 5.43 Å². The molecular weight excluding hydrogens is 376 g/mol. The van der Waals surface area contributed by atoms with E-state index in [1.54, 1.807) is 12.1 Å². The number of carbonyl (C=O) groups is 1. The molecule has 0 heterocycles. The molecule has 0 aliphatic carbocycles. The zero-order valence-electron chi connectivity index (χ0n) is 16.8. The fourth-order valence-electron chi connectivity index (χ4n) is 2.52. The molecule has 30 heavy (non-hydrogen) atoms. The van der Waals surface area contributed by atoms with Crippen LogP contribution in [0.1, 0.15) is 18.1 Å². The van der Waals surface area contributed by atoms with Crippen LogP contribution < -0.4 is 14.9 Å². The number of allylic oxidation sites excluding steroid dienone is 1. The smallest absolute Gasteiger partial charge is 0.277 e. The van der Waals surface area contributed by atoms with Crippen LogP contribution in [0, 0.1) is 0 Å².